The van der Waals surface area contributed by atoms with Gasteiger partial charge >= 0.3 is 0 Å². The second-order valence-electron chi connectivity index (χ2n) is 9.00. The van der Waals surface area contributed by atoms with Crippen molar-refractivity contribution < 1.29 is 19.0 Å². The van der Waals surface area contributed by atoms with Gasteiger partial charge in [-0.05, 0) is 43.2 Å². The number of nitrogens with zero attached hydrogens (tertiary/aromatic N) is 3. The molecule has 8 nitrogen and oxygen atoms in total. The van der Waals surface area contributed by atoms with Crippen LogP contribution >= 0.6 is 0 Å². The third-order valence-electron chi connectivity index (χ3n) is 6.62. The van der Waals surface area contributed by atoms with Crippen molar-refractivity contribution in [3.8, 4) is 22.8 Å². The zero-order chi connectivity index (χ0) is 23.1. The molecule has 1 amide bonds. The molecule has 3 aliphatic heterocycles. The summed E-state index contributed by atoms with van der Waals surface area (Å²) in [4.78, 5) is 15.5. The normalized spacial score (nSPS) is 21.7. The number of hydrogen-bond acceptors (Lipinski definition) is 6. The third-order valence-corrected chi connectivity index (χ3v) is 6.62. The lowest BCUT2D eigenvalue weighted by Gasteiger charge is -2.39. The highest BCUT2D eigenvalue weighted by Crippen LogP contribution is 2.40. The number of hydrogen-bond donors (Lipinski definition) is 1. The lowest BCUT2D eigenvalue weighted by molar-refractivity contribution is 0.0427. The maximum Gasteiger partial charge on any atom is 0.257 e. The van der Waals surface area contributed by atoms with Crippen LogP contribution in [0.3, 0.4) is 0 Å². The Morgan fingerprint density at radius 2 is 1.91 bits per heavy atom. The van der Waals surface area contributed by atoms with E-state index in [0.717, 1.165) is 59.9 Å². The van der Waals surface area contributed by atoms with Crippen molar-refractivity contribution in [1.82, 2.24) is 14.7 Å². The Morgan fingerprint density at radius 3 is 2.76 bits per heavy atom. The summed E-state index contributed by atoms with van der Waals surface area (Å²) in [6, 6.07) is 13.6. The van der Waals surface area contributed by atoms with Crippen molar-refractivity contribution >= 4 is 11.6 Å². The van der Waals surface area contributed by atoms with Crippen LogP contribution < -0.4 is 14.8 Å². The largest absolute Gasteiger partial charge is 0.490 e. The van der Waals surface area contributed by atoms with Gasteiger partial charge in [0.2, 0.25) is 0 Å². The number of para-hydroxylation sites is 1. The Kier molecular flexibility index (Phi) is 5.37. The molecule has 6 rings (SSSR count). The number of amides is 1. The molecule has 8 heteroatoms. The minimum atomic E-state index is -0.369. The second-order valence-corrected chi connectivity index (χ2v) is 9.00. The predicted octanol–water partition coefficient (Wildman–Crippen LogP) is 3.99. The zero-order valence-corrected chi connectivity index (χ0v) is 19.2. The molecule has 0 saturated carbocycles. The van der Waals surface area contributed by atoms with Crippen LogP contribution in [0.4, 0.5) is 5.69 Å². The van der Waals surface area contributed by atoms with Gasteiger partial charge in [0.1, 0.15) is 6.17 Å². The van der Waals surface area contributed by atoms with E-state index in [1.807, 2.05) is 60.6 Å². The maximum absolute atomic E-state index is 13.6. The van der Waals surface area contributed by atoms with E-state index in [-0.39, 0.29) is 18.2 Å². The molecule has 1 aromatic heterocycles. The van der Waals surface area contributed by atoms with E-state index in [2.05, 4.69) is 5.32 Å². The number of aromatic nitrogens is 2. The number of benzene rings is 2. The molecule has 2 aromatic carbocycles. The van der Waals surface area contributed by atoms with Crippen molar-refractivity contribution in [2.24, 2.45) is 7.05 Å². The number of nitrogens with one attached hydrogen (secondary N) is 1. The summed E-state index contributed by atoms with van der Waals surface area (Å²) in [5, 5.41) is 8.39. The van der Waals surface area contributed by atoms with E-state index < -0.39 is 0 Å². The summed E-state index contributed by atoms with van der Waals surface area (Å²) in [7, 11) is 1.90. The van der Waals surface area contributed by atoms with Crippen molar-refractivity contribution in [3.63, 3.8) is 0 Å². The van der Waals surface area contributed by atoms with Crippen molar-refractivity contribution in [2.45, 2.75) is 31.5 Å². The van der Waals surface area contributed by atoms with Gasteiger partial charge in [0.25, 0.3) is 5.91 Å². The molecule has 3 aromatic rings. The first-order valence-corrected chi connectivity index (χ1v) is 11.9. The Bertz CT molecular complexity index is 1220. The highest BCUT2D eigenvalue weighted by molar-refractivity contribution is 6.02. The van der Waals surface area contributed by atoms with E-state index in [1.54, 1.807) is 4.68 Å². The monoisotopic (exact) mass is 460 g/mol. The molecular formula is C26H28N4O4. The van der Waals surface area contributed by atoms with Crippen LogP contribution in [0.2, 0.25) is 0 Å². The standard InChI is InChI=1S/C26H28N4O4/c1-29-16-20(24(28-29)17-9-10-22-23(14-17)34-13-5-12-33-22)25-27-21-8-3-2-7-19(21)26(31)30(25)15-18-6-4-11-32-18/h2-3,7-10,14,16,18,25,27H,4-6,11-13,15H2,1H3/t18-,25+/m0/s1. The first-order valence-electron chi connectivity index (χ1n) is 11.9. The van der Waals surface area contributed by atoms with E-state index in [4.69, 9.17) is 19.3 Å². The number of carbonyl (C=O) groups is 1. The van der Waals surface area contributed by atoms with Crippen molar-refractivity contribution in [2.75, 3.05) is 31.7 Å². The smallest absolute Gasteiger partial charge is 0.257 e. The average molecular weight is 461 g/mol. The number of carbonyl (C=O) groups excluding carboxylic acids is 1. The van der Waals surface area contributed by atoms with Gasteiger partial charge in [-0.2, -0.15) is 5.10 Å². The first kappa shape index (κ1) is 21.0. The van der Waals surface area contributed by atoms with Crippen LogP contribution in [-0.2, 0) is 11.8 Å². The summed E-state index contributed by atoms with van der Waals surface area (Å²) in [6.07, 6.45) is 4.49. The van der Waals surface area contributed by atoms with E-state index in [9.17, 15) is 4.79 Å². The van der Waals surface area contributed by atoms with Gasteiger partial charge in [-0.25, -0.2) is 0 Å². The number of ether oxygens (including phenoxy) is 3. The minimum absolute atomic E-state index is 0.00307. The van der Waals surface area contributed by atoms with Crippen LogP contribution in [0.1, 0.15) is 41.3 Å². The van der Waals surface area contributed by atoms with E-state index in [0.29, 0.717) is 25.3 Å². The molecule has 176 valence electrons. The van der Waals surface area contributed by atoms with Gasteiger partial charge in [0.15, 0.2) is 11.5 Å². The topological polar surface area (TPSA) is 77.9 Å². The lowest BCUT2D eigenvalue weighted by Crippen LogP contribution is -2.46. The molecule has 0 radical (unpaired) electrons. The third kappa shape index (κ3) is 3.77. The fourth-order valence-corrected chi connectivity index (χ4v) is 4.98. The van der Waals surface area contributed by atoms with Gasteiger partial charge in [-0.1, -0.05) is 12.1 Å². The van der Waals surface area contributed by atoms with Crippen LogP contribution in [0.5, 0.6) is 11.5 Å². The average Bonchev–Trinajstić information content (AvgIpc) is 3.44. The van der Waals surface area contributed by atoms with Gasteiger partial charge in [-0.15, -0.1) is 0 Å². The van der Waals surface area contributed by atoms with Gasteiger partial charge in [0.05, 0.1) is 30.6 Å². The van der Waals surface area contributed by atoms with Gasteiger partial charge in [-0.3, -0.25) is 9.48 Å². The molecular weight excluding hydrogens is 432 g/mol. The number of fused-ring (bicyclic) bond motifs is 2. The molecule has 0 aliphatic carbocycles. The predicted molar refractivity (Wildman–Crippen MR) is 127 cm³/mol. The summed E-state index contributed by atoms with van der Waals surface area (Å²) in [6.45, 7) is 2.54. The Labute approximate surface area is 198 Å². The van der Waals surface area contributed by atoms with Gasteiger partial charge in [0, 0.05) is 49.6 Å². The number of aryl methyl sites for hydroxylation is 1. The fraction of sp³-hybridized carbons (Fsp3) is 0.385. The minimum Gasteiger partial charge on any atom is -0.490 e. The molecule has 34 heavy (non-hydrogen) atoms. The molecule has 4 heterocycles. The molecule has 0 spiro atoms. The quantitative estimate of drug-likeness (QED) is 0.634. The number of rotatable bonds is 4. The fourth-order valence-electron chi connectivity index (χ4n) is 4.98. The summed E-state index contributed by atoms with van der Waals surface area (Å²) in [5.74, 6) is 1.47. The summed E-state index contributed by atoms with van der Waals surface area (Å²) < 4.78 is 19.4. The zero-order valence-electron chi connectivity index (χ0n) is 19.2. The van der Waals surface area contributed by atoms with E-state index >= 15 is 0 Å². The maximum atomic E-state index is 13.6. The molecule has 0 unspecified atom stereocenters. The molecule has 3 aliphatic rings. The van der Waals surface area contributed by atoms with Crippen LogP contribution in [0, 0.1) is 0 Å². The SMILES string of the molecule is Cn1cc([C@@H]2Nc3ccccc3C(=O)N2C[C@@H]2CCCO2)c(-c2ccc3c(c2)OCCCO3)n1. The molecule has 2 atom stereocenters. The van der Waals surface area contributed by atoms with Crippen LogP contribution in [-0.4, -0.2) is 53.1 Å². The van der Waals surface area contributed by atoms with Gasteiger partial charge < -0.3 is 24.4 Å². The number of anilines is 1. The first-order chi connectivity index (χ1) is 16.7. The molecule has 1 saturated heterocycles. The summed E-state index contributed by atoms with van der Waals surface area (Å²) in [5.41, 5.74) is 4.16. The molecule has 1 N–H and O–H groups in total. The van der Waals surface area contributed by atoms with Crippen molar-refractivity contribution in [1.29, 1.82) is 0 Å². The molecule has 1 fully saturated rings. The molecule has 0 bridgehead atoms. The Balaban J connectivity index is 1.42. The lowest BCUT2D eigenvalue weighted by atomic mass is 10.00. The summed E-state index contributed by atoms with van der Waals surface area (Å²) >= 11 is 0. The van der Waals surface area contributed by atoms with Crippen molar-refractivity contribution in [3.05, 3.63) is 59.8 Å². The van der Waals surface area contributed by atoms with E-state index in [1.165, 1.54) is 0 Å². The Morgan fingerprint density at radius 1 is 1.06 bits per heavy atom. The van der Waals surface area contributed by atoms with Crippen LogP contribution in [0.25, 0.3) is 11.3 Å². The van der Waals surface area contributed by atoms with Crippen LogP contribution in [0.15, 0.2) is 48.7 Å². The highest BCUT2D eigenvalue weighted by atomic mass is 16.5. The Hall–Kier alpha value is -3.52. The second kappa shape index (κ2) is 8.68. The highest BCUT2D eigenvalue weighted by Gasteiger charge is 2.37.